The molecule has 2 saturated carbocycles. The fraction of sp³-hybridized carbons (Fsp3) is 0.449. The van der Waals surface area contributed by atoms with Crippen LogP contribution in [-0.2, 0) is 52.4 Å². The highest BCUT2D eigenvalue weighted by Crippen LogP contribution is 2.61. The van der Waals surface area contributed by atoms with Crippen LogP contribution < -0.4 is 5.32 Å². The molecule has 17 heteroatoms. The fourth-order valence-electron chi connectivity index (χ4n) is 9.87. The third-order valence-electron chi connectivity index (χ3n) is 13.3. The van der Waals surface area contributed by atoms with Crippen LogP contribution in [0.2, 0.25) is 0 Å². The number of hydrogen-bond acceptors (Lipinski definition) is 15. The molecule has 16 nitrogen and oxygen atoms in total. The number of rotatable bonds is 13. The van der Waals surface area contributed by atoms with E-state index in [1.165, 1.54) is 46.9 Å². The van der Waals surface area contributed by atoms with E-state index < -0.39 is 125 Å². The van der Waals surface area contributed by atoms with Crippen LogP contribution in [0.15, 0.2) is 102 Å². The van der Waals surface area contributed by atoms with Crippen molar-refractivity contribution in [3.63, 3.8) is 0 Å². The Morgan fingerprint density at radius 3 is 1.92 bits per heavy atom. The quantitative estimate of drug-likeness (QED) is 0.0908. The lowest BCUT2D eigenvalue weighted by atomic mass is 9.47. The van der Waals surface area contributed by atoms with Gasteiger partial charge in [-0.25, -0.2) is 9.59 Å². The maximum atomic E-state index is 15.5. The molecule has 1 amide bonds. The van der Waals surface area contributed by atoms with Crippen LogP contribution in [0.4, 0.5) is 0 Å². The van der Waals surface area contributed by atoms with Crippen molar-refractivity contribution < 1.29 is 72.2 Å². The maximum absolute atomic E-state index is 15.5. The Morgan fingerprint density at radius 1 is 0.818 bits per heavy atom. The number of ether oxygens (including phenoxy) is 6. The largest absolute Gasteiger partial charge is 0.459 e. The third kappa shape index (κ3) is 9.37. The Bertz CT molecular complexity index is 2360. The summed E-state index contributed by atoms with van der Waals surface area (Å²) in [5.41, 5.74) is -5.65. The molecule has 0 heterocycles. The van der Waals surface area contributed by atoms with Gasteiger partial charge in [0, 0.05) is 44.8 Å². The first-order valence-electron chi connectivity index (χ1n) is 21.4. The monoisotopic (exact) mass is 931 g/mol. The van der Waals surface area contributed by atoms with Crippen molar-refractivity contribution in [2.45, 2.75) is 109 Å². The number of ketones is 1. The standard InChI is InChI=1S/C49H54ClNO15/c1-26-33(64-46(59)41(65-35(55)25-50)38(29-17-11-8-12-18-29)51-44(57)30-19-13-9-14-20-30)24-49(60)43(66-45(58)31-21-15-10-16-22-31)37-39(62-27(2)52)32(61-7)23-34(54)48(37,6)42(56)40(63-28(3)53)36(26)47(49,4)5/h8-22,32-34,37-41,43,54,60H,23-25H2,1-7H3,(H,51,57)/t32-,33+,34+,37+,38+,39+,40-,41-,43+,48-,49-/m1/s1. The van der Waals surface area contributed by atoms with Crippen LogP contribution in [0.25, 0.3) is 0 Å². The van der Waals surface area contributed by atoms with Crippen LogP contribution >= 0.6 is 11.6 Å². The zero-order chi connectivity index (χ0) is 48.3. The topological polar surface area (TPSA) is 227 Å². The van der Waals surface area contributed by atoms with Crippen molar-refractivity contribution in [2.24, 2.45) is 16.7 Å². The summed E-state index contributed by atoms with van der Waals surface area (Å²) in [6.07, 6.45) is -12.4. The smallest absolute Gasteiger partial charge is 0.350 e. The molecule has 3 aromatic carbocycles. The lowest BCUT2D eigenvalue weighted by molar-refractivity contribution is -0.257. The Kier molecular flexibility index (Phi) is 14.9. The second-order valence-electron chi connectivity index (χ2n) is 17.5. The number of esters is 5. The molecule has 352 valence electrons. The number of carbonyl (C=O) groups is 7. The second-order valence-corrected chi connectivity index (χ2v) is 17.8. The predicted octanol–water partition coefficient (Wildman–Crippen LogP) is 4.77. The van der Waals surface area contributed by atoms with Gasteiger partial charge in [0.2, 0.25) is 6.10 Å². The highest BCUT2D eigenvalue weighted by atomic mass is 35.5. The van der Waals surface area contributed by atoms with Crippen molar-refractivity contribution in [1.82, 2.24) is 5.32 Å². The molecule has 2 fully saturated rings. The molecule has 6 rings (SSSR count). The molecule has 3 N–H and O–H groups in total. The number of aliphatic hydroxyl groups is 2. The SMILES string of the molecule is CO[C@@H]1C[C@H](O)[C@@]2(C)C(=O)[C@H](OC(C)=O)C3=C(C)[C@@H](OC(=O)[C@H](OC(=O)CCl)[C@@H](NC(=O)c4ccccc4)c4ccccc4)C[C@@](O)([C@@H](OC(=O)c4ccccc4)[C@@H]2[C@H]1OC(C)=O)C3(C)C. The summed E-state index contributed by atoms with van der Waals surface area (Å²) in [6, 6.07) is 22.6. The summed E-state index contributed by atoms with van der Waals surface area (Å²) in [7, 11) is 1.30. The van der Waals surface area contributed by atoms with Crippen molar-refractivity contribution >= 4 is 53.1 Å². The number of amides is 1. The number of hydrogen-bond donors (Lipinski definition) is 3. The van der Waals surface area contributed by atoms with Crippen molar-refractivity contribution in [1.29, 1.82) is 0 Å². The van der Waals surface area contributed by atoms with E-state index in [9.17, 15) is 39.0 Å². The molecule has 0 radical (unpaired) electrons. The van der Waals surface area contributed by atoms with Crippen molar-refractivity contribution in [2.75, 3.05) is 13.0 Å². The van der Waals surface area contributed by atoms with Crippen LogP contribution in [-0.4, -0.2) is 113 Å². The van der Waals surface area contributed by atoms with Gasteiger partial charge in [0.1, 0.15) is 35.8 Å². The molecule has 0 spiro atoms. The number of alkyl halides is 1. The van der Waals surface area contributed by atoms with Gasteiger partial charge < -0.3 is 44.0 Å². The normalized spacial score (nSPS) is 28.8. The molecule has 2 bridgehead atoms. The number of fused-ring (bicyclic) bond motifs is 3. The van der Waals surface area contributed by atoms with E-state index in [0.717, 1.165) is 13.8 Å². The number of methoxy groups -OCH3 is 1. The van der Waals surface area contributed by atoms with Gasteiger partial charge in [-0.1, -0.05) is 80.6 Å². The highest BCUT2D eigenvalue weighted by molar-refractivity contribution is 6.26. The molecular formula is C49H54ClNO15. The van der Waals surface area contributed by atoms with Gasteiger partial charge in [-0.05, 0) is 54.8 Å². The number of benzene rings is 3. The van der Waals surface area contributed by atoms with Gasteiger partial charge in [0.05, 0.1) is 29.1 Å². The first-order chi connectivity index (χ1) is 31.2. The van der Waals surface area contributed by atoms with Crippen LogP contribution in [0, 0.1) is 16.7 Å². The molecule has 0 aliphatic heterocycles. The van der Waals surface area contributed by atoms with Crippen molar-refractivity contribution in [3.05, 3.63) is 119 Å². The molecule has 0 saturated heterocycles. The van der Waals surface area contributed by atoms with Crippen LogP contribution in [0.3, 0.4) is 0 Å². The van der Waals surface area contributed by atoms with E-state index in [4.69, 9.17) is 40.0 Å². The minimum absolute atomic E-state index is 0.0367. The summed E-state index contributed by atoms with van der Waals surface area (Å²) in [4.78, 5) is 97.5. The Balaban J connectivity index is 1.57. The van der Waals surface area contributed by atoms with Gasteiger partial charge in [-0.3, -0.25) is 24.0 Å². The Morgan fingerprint density at radius 2 is 1.38 bits per heavy atom. The van der Waals surface area contributed by atoms with E-state index in [0.29, 0.717) is 5.56 Å². The maximum Gasteiger partial charge on any atom is 0.350 e. The van der Waals surface area contributed by atoms with E-state index >= 15 is 4.79 Å². The Hall–Kier alpha value is -5.94. The first kappa shape index (κ1) is 49.5. The molecule has 3 aliphatic carbocycles. The van der Waals surface area contributed by atoms with Crippen molar-refractivity contribution in [3.8, 4) is 0 Å². The van der Waals surface area contributed by atoms with Gasteiger partial charge in [0.15, 0.2) is 11.9 Å². The highest BCUT2D eigenvalue weighted by Gasteiger charge is 2.72. The average Bonchev–Trinajstić information content (AvgIpc) is 3.29. The zero-order valence-electron chi connectivity index (χ0n) is 37.6. The molecule has 3 aliphatic rings. The minimum atomic E-state index is -2.46. The molecule has 66 heavy (non-hydrogen) atoms. The number of carbonyl (C=O) groups excluding carboxylic acids is 7. The van der Waals surface area contributed by atoms with Crippen LogP contribution in [0.5, 0.6) is 0 Å². The van der Waals surface area contributed by atoms with E-state index in [1.54, 1.807) is 78.9 Å². The van der Waals surface area contributed by atoms with E-state index in [-0.39, 0.29) is 28.7 Å². The minimum Gasteiger partial charge on any atom is -0.459 e. The summed E-state index contributed by atoms with van der Waals surface area (Å²) in [5, 5.41) is 28.6. The first-order valence-corrected chi connectivity index (χ1v) is 21.9. The second kappa shape index (κ2) is 19.9. The summed E-state index contributed by atoms with van der Waals surface area (Å²) in [5.74, 6) is -8.88. The number of nitrogens with one attached hydrogen (secondary N) is 1. The fourth-order valence-corrected chi connectivity index (χ4v) is 9.93. The number of Topliss-reactive ketones (excluding diaryl/α,β-unsaturated/α-hetero) is 1. The van der Waals surface area contributed by atoms with Crippen LogP contribution in [0.1, 0.15) is 86.7 Å². The molecule has 3 aromatic rings. The summed E-state index contributed by atoms with van der Waals surface area (Å²) < 4.78 is 35.8. The average molecular weight is 932 g/mol. The summed E-state index contributed by atoms with van der Waals surface area (Å²) >= 11 is 5.90. The number of halogens is 1. The summed E-state index contributed by atoms with van der Waals surface area (Å²) in [6.45, 7) is 8.10. The van der Waals surface area contributed by atoms with Gasteiger partial charge in [-0.2, -0.15) is 0 Å². The van der Waals surface area contributed by atoms with Gasteiger partial charge >= 0.3 is 29.8 Å². The van der Waals surface area contributed by atoms with E-state index in [1.807, 2.05) is 0 Å². The lowest BCUT2D eigenvalue weighted by Gasteiger charge is -2.62. The Labute approximate surface area is 386 Å². The van der Waals surface area contributed by atoms with Gasteiger partial charge in [0.25, 0.3) is 5.91 Å². The molecular weight excluding hydrogens is 878 g/mol. The molecule has 11 atom stereocenters. The van der Waals surface area contributed by atoms with Gasteiger partial charge in [-0.15, -0.1) is 11.6 Å². The molecule has 0 aromatic heterocycles. The van der Waals surface area contributed by atoms with E-state index in [2.05, 4.69) is 5.32 Å². The number of aliphatic hydroxyl groups excluding tert-OH is 1. The molecule has 0 unspecified atom stereocenters. The third-order valence-corrected chi connectivity index (χ3v) is 13.5. The zero-order valence-corrected chi connectivity index (χ0v) is 38.3. The predicted molar refractivity (Wildman–Crippen MR) is 234 cm³/mol. The lowest BCUT2D eigenvalue weighted by Crippen LogP contribution is -2.74.